The molecule has 2 N–H and O–H groups in total. The van der Waals surface area contributed by atoms with Gasteiger partial charge in [0.25, 0.3) is 0 Å². The van der Waals surface area contributed by atoms with Crippen LogP contribution in [0.15, 0.2) is 12.3 Å². The predicted molar refractivity (Wildman–Crippen MR) is 62.7 cm³/mol. The summed E-state index contributed by atoms with van der Waals surface area (Å²) in [6.07, 6.45) is 1.57. The monoisotopic (exact) mass is 276 g/mol. The van der Waals surface area contributed by atoms with E-state index in [0.717, 1.165) is 0 Å². The van der Waals surface area contributed by atoms with E-state index in [1.807, 2.05) is 0 Å². The number of carboxylic acids is 1. The van der Waals surface area contributed by atoms with Crippen LogP contribution in [0.2, 0.25) is 10.0 Å². The van der Waals surface area contributed by atoms with Crippen molar-refractivity contribution >= 4 is 29.2 Å². The van der Waals surface area contributed by atoms with E-state index in [9.17, 15) is 4.79 Å². The fraction of sp³-hybridized carbons (Fsp3) is 0.400. The topological polar surface area (TPSA) is 71.5 Å². The molecule has 7 heteroatoms. The first-order chi connectivity index (χ1) is 8.06. The summed E-state index contributed by atoms with van der Waals surface area (Å²) in [7, 11) is 0. The zero-order valence-electron chi connectivity index (χ0n) is 8.69. The molecule has 1 fully saturated rings. The van der Waals surface area contributed by atoms with Crippen molar-refractivity contribution in [3.63, 3.8) is 0 Å². The number of rotatable bonds is 3. The number of hydrogen-bond acceptors (Lipinski definition) is 4. The maximum absolute atomic E-state index is 10.7. The third-order valence-electron chi connectivity index (χ3n) is 2.44. The van der Waals surface area contributed by atoms with E-state index >= 15 is 0 Å². The molecule has 17 heavy (non-hydrogen) atoms. The average molecular weight is 277 g/mol. The Labute approximate surface area is 108 Å². The maximum Gasteiger partial charge on any atom is 0.320 e. The van der Waals surface area contributed by atoms with E-state index in [-0.39, 0.29) is 12.0 Å². The fourth-order valence-corrected chi connectivity index (χ4v) is 2.05. The van der Waals surface area contributed by atoms with Crippen LogP contribution in [0.3, 0.4) is 0 Å². The number of pyridine rings is 1. The molecule has 1 aliphatic heterocycles. The highest BCUT2D eigenvalue weighted by molar-refractivity contribution is 6.35. The van der Waals surface area contributed by atoms with Crippen molar-refractivity contribution in [1.82, 2.24) is 10.3 Å². The highest BCUT2D eigenvalue weighted by Gasteiger charge is 2.31. The van der Waals surface area contributed by atoms with Gasteiger partial charge in [0.15, 0.2) is 0 Å². The largest absolute Gasteiger partial charge is 0.480 e. The molecule has 2 rings (SSSR count). The van der Waals surface area contributed by atoms with Crippen molar-refractivity contribution in [3.8, 4) is 5.88 Å². The average Bonchev–Trinajstić information content (AvgIpc) is 2.71. The third kappa shape index (κ3) is 3.00. The molecule has 1 aliphatic rings. The molecule has 1 aromatic heterocycles. The molecular formula is C10H10Cl2N2O3. The standard InChI is InChI=1S/C10H10Cl2N2O3/c11-5-1-7(12)9(14-3-5)17-6-2-8(10(15)16)13-4-6/h1,3,6,8,13H,2,4H2,(H,15,16). The van der Waals surface area contributed by atoms with E-state index in [1.165, 1.54) is 12.3 Å². The minimum absolute atomic E-state index is 0.248. The summed E-state index contributed by atoms with van der Waals surface area (Å²) in [6.45, 7) is 0.456. The molecule has 2 unspecified atom stereocenters. The van der Waals surface area contributed by atoms with E-state index in [4.69, 9.17) is 33.0 Å². The van der Waals surface area contributed by atoms with Crippen LogP contribution < -0.4 is 10.1 Å². The lowest BCUT2D eigenvalue weighted by atomic mass is 10.2. The van der Waals surface area contributed by atoms with Crippen LogP contribution in [-0.2, 0) is 4.79 Å². The van der Waals surface area contributed by atoms with Crippen molar-refractivity contribution in [2.75, 3.05) is 6.54 Å². The highest BCUT2D eigenvalue weighted by atomic mass is 35.5. The number of aliphatic carboxylic acids is 1. The van der Waals surface area contributed by atoms with Crippen molar-refractivity contribution in [2.24, 2.45) is 0 Å². The minimum atomic E-state index is -0.883. The lowest BCUT2D eigenvalue weighted by Gasteiger charge is -2.12. The first-order valence-corrected chi connectivity index (χ1v) is 5.75. The number of hydrogen-bond donors (Lipinski definition) is 2. The number of nitrogens with one attached hydrogen (secondary N) is 1. The fourth-order valence-electron chi connectivity index (χ4n) is 1.63. The Hall–Kier alpha value is -1.04. The van der Waals surface area contributed by atoms with Crippen LogP contribution in [0, 0.1) is 0 Å². The lowest BCUT2D eigenvalue weighted by Crippen LogP contribution is -2.30. The van der Waals surface area contributed by atoms with Crippen molar-refractivity contribution in [2.45, 2.75) is 18.6 Å². The van der Waals surface area contributed by atoms with Crippen molar-refractivity contribution in [1.29, 1.82) is 0 Å². The number of ether oxygens (including phenoxy) is 1. The van der Waals surface area contributed by atoms with Gasteiger partial charge in [-0.3, -0.25) is 4.79 Å². The molecule has 2 heterocycles. The summed E-state index contributed by atoms with van der Waals surface area (Å²) in [4.78, 5) is 14.7. The molecule has 5 nitrogen and oxygen atoms in total. The van der Waals surface area contributed by atoms with Gasteiger partial charge in [0.05, 0.1) is 5.02 Å². The van der Waals surface area contributed by atoms with Gasteiger partial charge in [0.2, 0.25) is 5.88 Å². The molecule has 1 saturated heterocycles. The predicted octanol–water partition coefficient (Wildman–Crippen LogP) is 1.58. The Bertz CT molecular complexity index is 442. The zero-order chi connectivity index (χ0) is 12.4. The SMILES string of the molecule is O=C(O)C1CC(Oc2ncc(Cl)cc2Cl)CN1. The number of carboxylic acid groups (broad SMARTS) is 1. The van der Waals surface area contributed by atoms with Crippen LogP contribution in [-0.4, -0.2) is 34.8 Å². The number of carbonyl (C=O) groups is 1. The number of nitrogens with zero attached hydrogens (tertiary/aromatic N) is 1. The van der Waals surface area contributed by atoms with Gasteiger partial charge in [-0.05, 0) is 6.07 Å². The Morgan fingerprint density at radius 2 is 2.35 bits per heavy atom. The molecule has 0 saturated carbocycles. The highest BCUT2D eigenvalue weighted by Crippen LogP contribution is 2.26. The van der Waals surface area contributed by atoms with Gasteiger partial charge in [0.1, 0.15) is 17.2 Å². The summed E-state index contributed by atoms with van der Waals surface area (Å²) in [6, 6.07) is 0.953. The van der Waals surface area contributed by atoms with Gasteiger partial charge >= 0.3 is 5.97 Å². The van der Waals surface area contributed by atoms with Crippen LogP contribution >= 0.6 is 23.2 Å². The quantitative estimate of drug-likeness (QED) is 0.877. The Morgan fingerprint density at radius 3 is 2.94 bits per heavy atom. The summed E-state index contributed by atoms with van der Waals surface area (Å²) < 4.78 is 5.51. The molecule has 0 aliphatic carbocycles. The third-order valence-corrected chi connectivity index (χ3v) is 2.92. The van der Waals surface area contributed by atoms with E-state index in [0.29, 0.717) is 23.0 Å². The molecule has 1 aromatic rings. The molecular weight excluding hydrogens is 267 g/mol. The zero-order valence-corrected chi connectivity index (χ0v) is 10.2. The Kier molecular flexibility index (Phi) is 3.71. The lowest BCUT2D eigenvalue weighted by molar-refractivity contribution is -0.139. The summed E-state index contributed by atoms with van der Waals surface area (Å²) >= 11 is 11.6. The van der Waals surface area contributed by atoms with Gasteiger partial charge < -0.3 is 15.2 Å². The minimum Gasteiger partial charge on any atom is -0.480 e. The molecule has 2 atom stereocenters. The van der Waals surface area contributed by atoms with Gasteiger partial charge in [-0.1, -0.05) is 23.2 Å². The van der Waals surface area contributed by atoms with Gasteiger partial charge in [-0.2, -0.15) is 0 Å². The normalized spacial score (nSPS) is 23.6. The maximum atomic E-state index is 10.7. The van der Waals surface area contributed by atoms with Crippen LogP contribution in [0.4, 0.5) is 0 Å². The first-order valence-electron chi connectivity index (χ1n) is 5.00. The second kappa shape index (κ2) is 5.08. The van der Waals surface area contributed by atoms with Crippen molar-refractivity contribution < 1.29 is 14.6 Å². The Morgan fingerprint density at radius 1 is 1.59 bits per heavy atom. The Balaban J connectivity index is 2.00. The van der Waals surface area contributed by atoms with Crippen LogP contribution in [0.5, 0.6) is 5.88 Å². The van der Waals surface area contributed by atoms with Gasteiger partial charge in [-0.25, -0.2) is 4.98 Å². The van der Waals surface area contributed by atoms with Crippen LogP contribution in [0.25, 0.3) is 0 Å². The summed E-state index contributed by atoms with van der Waals surface area (Å²) in [5, 5.41) is 12.4. The summed E-state index contributed by atoms with van der Waals surface area (Å²) in [5.74, 6) is -0.611. The second-order valence-electron chi connectivity index (χ2n) is 3.72. The molecule has 0 amide bonds. The molecule has 0 spiro atoms. The van der Waals surface area contributed by atoms with E-state index < -0.39 is 12.0 Å². The smallest absolute Gasteiger partial charge is 0.320 e. The van der Waals surface area contributed by atoms with E-state index in [2.05, 4.69) is 10.3 Å². The van der Waals surface area contributed by atoms with Crippen LogP contribution in [0.1, 0.15) is 6.42 Å². The molecule has 0 aromatic carbocycles. The second-order valence-corrected chi connectivity index (χ2v) is 4.56. The first kappa shape index (κ1) is 12.4. The molecule has 0 radical (unpaired) electrons. The number of halogens is 2. The van der Waals surface area contributed by atoms with E-state index in [1.54, 1.807) is 0 Å². The summed E-state index contributed by atoms with van der Waals surface area (Å²) in [5.41, 5.74) is 0. The van der Waals surface area contributed by atoms with Gasteiger partial charge in [0, 0.05) is 19.2 Å². The molecule has 92 valence electrons. The molecule has 0 bridgehead atoms. The number of aromatic nitrogens is 1. The van der Waals surface area contributed by atoms with Gasteiger partial charge in [-0.15, -0.1) is 0 Å². The van der Waals surface area contributed by atoms with Crippen molar-refractivity contribution in [3.05, 3.63) is 22.3 Å².